The van der Waals surface area contributed by atoms with E-state index in [1.54, 1.807) is 0 Å². The minimum atomic E-state index is 0.219. The van der Waals surface area contributed by atoms with E-state index in [1.807, 2.05) is 28.9 Å². The number of carbonyl (C=O) groups is 1. The van der Waals surface area contributed by atoms with Crippen molar-refractivity contribution in [1.82, 2.24) is 24.5 Å². The maximum atomic E-state index is 12.6. The molecular formula is C18H24ClN5O. The number of nitrogens with one attached hydrogen (secondary N) is 1. The Kier molecular flexibility index (Phi) is 4.92. The van der Waals surface area contributed by atoms with Crippen LogP contribution in [-0.4, -0.2) is 64.4 Å². The molecule has 6 nitrogen and oxygen atoms in total. The average Bonchev–Trinajstić information content (AvgIpc) is 3.04. The van der Waals surface area contributed by atoms with Gasteiger partial charge in [-0.1, -0.05) is 11.6 Å². The summed E-state index contributed by atoms with van der Waals surface area (Å²) in [5, 5.41) is 4.03. The zero-order chi connectivity index (χ0) is 17.2. The van der Waals surface area contributed by atoms with Gasteiger partial charge in [0.1, 0.15) is 5.65 Å². The molecule has 0 spiro atoms. The number of piperidine rings is 1. The highest BCUT2D eigenvalue weighted by atomic mass is 35.5. The monoisotopic (exact) mass is 361 g/mol. The number of imidazole rings is 1. The first-order valence-corrected chi connectivity index (χ1v) is 9.42. The molecule has 0 bridgehead atoms. The fourth-order valence-electron chi connectivity index (χ4n) is 3.78. The second-order valence-electron chi connectivity index (χ2n) is 6.97. The topological polar surface area (TPSA) is 52.9 Å². The molecule has 2 aliphatic heterocycles. The summed E-state index contributed by atoms with van der Waals surface area (Å²) in [7, 11) is 0. The number of amides is 1. The molecule has 134 valence electrons. The van der Waals surface area contributed by atoms with Gasteiger partial charge in [-0.25, -0.2) is 4.98 Å². The number of rotatable bonds is 3. The Morgan fingerprint density at radius 3 is 2.68 bits per heavy atom. The molecule has 4 heterocycles. The summed E-state index contributed by atoms with van der Waals surface area (Å²) in [6.45, 7) is 6.21. The molecule has 4 rings (SSSR count). The Morgan fingerprint density at radius 2 is 1.92 bits per heavy atom. The number of carbonyl (C=O) groups excluding carboxylic acids is 1. The van der Waals surface area contributed by atoms with Crippen LogP contribution in [0.2, 0.25) is 5.02 Å². The first-order chi connectivity index (χ1) is 12.2. The van der Waals surface area contributed by atoms with Gasteiger partial charge in [0.15, 0.2) is 0 Å². The van der Waals surface area contributed by atoms with Crippen molar-refractivity contribution in [3.63, 3.8) is 0 Å². The van der Waals surface area contributed by atoms with E-state index in [2.05, 4.69) is 20.1 Å². The van der Waals surface area contributed by atoms with Crippen molar-refractivity contribution in [3.8, 4) is 0 Å². The molecule has 2 aromatic heterocycles. The van der Waals surface area contributed by atoms with Crippen molar-refractivity contribution in [1.29, 1.82) is 0 Å². The molecule has 2 aliphatic rings. The van der Waals surface area contributed by atoms with E-state index >= 15 is 0 Å². The van der Waals surface area contributed by atoms with Crippen LogP contribution in [0.25, 0.3) is 5.65 Å². The lowest BCUT2D eigenvalue weighted by Crippen LogP contribution is -2.51. The maximum Gasteiger partial charge on any atom is 0.225 e. The number of pyridine rings is 1. The summed E-state index contributed by atoms with van der Waals surface area (Å²) in [6.07, 6.45) is 5.86. The summed E-state index contributed by atoms with van der Waals surface area (Å²) >= 11 is 6.03. The molecule has 0 radical (unpaired) electrons. The fraction of sp³-hybridized carbons (Fsp3) is 0.556. The van der Waals surface area contributed by atoms with Crippen LogP contribution in [0.5, 0.6) is 0 Å². The van der Waals surface area contributed by atoms with E-state index in [-0.39, 0.29) is 5.92 Å². The number of fused-ring (bicyclic) bond motifs is 1. The van der Waals surface area contributed by atoms with E-state index in [0.29, 0.717) is 10.9 Å². The third kappa shape index (κ3) is 3.81. The van der Waals surface area contributed by atoms with Gasteiger partial charge >= 0.3 is 0 Å². The summed E-state index contributed by atoms with van der Waals surface area (Å²) in [5.74, 6) is 0.569. The van der Waals surface area contributed by atoms with Gasteiger partial charge in [0.25, 0.3) is 0 Å². The number of aromatic nitrogens is 2. The smallest absolute Gasteiger partial charge is 0.225 e. The van der Waals surface area contributed by atoms with Crippen molar-refractivity contribution in [2.75, 3.05) is 39.3 Å². The van der Waals surface area contributed by atoms with Crippen LogP contribution in [0.4, 0.5) is 0 Å². The van der Waals surface area contributed by atoms with Crippen LogP contribution < -0.4 is 5.32 Å². The average molecular weight is 362 g/mol. The lowest BCUT2D eigenvalue weighted by Gasteiger charge is -2.37. The first-order valence-electron chi connectivity index (χ1n) is 9.04. The van der Waals surface area contributed by atoms with Gasteiger partial charge < -0.3 is 14.6 Å². The van der Waals surface area contributed by atoms with E-state index in [0.717, 1.165) is 70.0 Å². The van der Waals surface area contributed by atoms with Gasteiger partial charge in [0.05, 0.1) is 10.7 Å². The largest absolute Gasteiger partial charge is 0.340 e. The van der Waals surface area contributed by atoms with E-state index in [9.17, 15) is 4.79 Å². The van der Waals surface area contributed by atoms with Crippen molar-refractivity contribution in [2.24, 2.45) is 5.92 Å². The Hall–Kier alpha value is -1.63. The third-order valence-electron chi connectivity index (χ3n) is 5.22. The second-order valence-corrected chi connectivity index (χ2v) is 7.41. The van der Waals surface area contributed by atoms with E-state index in [4.69, 9.17) is 11.6 Å². The predicted octanol–water partition coefficient (Wildman–Crippen LogP) is 1.63. The lowest BCUT2D eigenvalue weighted by molar-refractivity contribution is -0.138. The molecular weight excluding hydrogens is 338 g/mol. The molecule has 2 fully saturated rings. The number of nitrogens with zero attached hydrogens (tertiary/aromatic N) is 4. The number of piperazine rings is 1. The predicted molar refractivity (Wildman–Crippen MR) is 97.7 cm³/mol. The van der Waals surface area contributed by atoms with E-state index in [1.165, 1.54) is 0 Å². The van der Waals surface area contributed by atoms with Gasteiger partial charge in [0.2, 0.25) is 5.91 Å². The molecule has 1 N–H and O–H groups in total. The Balaban J connectivity index is 1.32. The van der Waals surface area contributed by atoms with Crippen LogP contribution >= 0.6 is 11.6 Å². The quantitative estimate of drug-likeness (QED) is 0.902. The minimum Gasteiger partial charge on any atom is -0.340 e. The zero-order valence-corrected chi connectivity index (χ0v) is 15.1. The van der Waals surface area contributed by atoms with Crippen LogP contribution in [0.15, 0.2) is 24.5 Å². The Bertz CT molecular complexity index is 747. The number of hydrogen-bond donors (Lipinski definition) is 1. The molecule has 0 aliphatic carbocycles. The van der Waals surface area contributed by atoms with Gasteiger partial charge in [-0.3, -0.25) is 9.69 Å². The SMILES string of the molecule is O=C(C1CCNCC1)N1CCN(Cc2cn3cc(Cl)ccc3n2)CC1. The standard InChI is InChI=1S/C18H24ClN5O/c19-15-1-2-17-21-16(13-24(17)11-15)12-22-7-9-23(10-8-22)18(25)14-3-5-20-6-4-14/h1-2,11,13-14,20H,3-10,12H2. The zero-order valence-electron chi connectivity index (χ0n) is 14.3. The lowest BCUT2D eigenvalue weighted by atomic mass is 9.96. The highest BCUT2D eigenvalue weighted by Crippen LogP contribution is 2.18. The second kappa shape index (κ2) is 7.32. The summed E-state index contributed by atoms with van der Waals surface area (Å²) < 4.78 is 1.97. The number of hydrogen-bond acceptors (Lipinski definition) is 4. The van der Waals surface area contributed by atoms with Crippen molar-refractivity contribution >= 4 is 23.2 Å². The van der Waals surface area contributed by atoms with Gasteiger partial charge in [0, 0.05) is 51.0 Å². The molecule has 0 unspecified atom stereocenters. The van der Waals surface area contributed by atoms with Crippen LogP contribution in [0.3, 0.4) is 0 Å². The minimum absolute atomic E-state index is 0.219. The summed E-state index contributed by atoms with van der Waals surface area (Å²) in [5.41, 5.74) is 1.96. The van der Waals surface area contributed by atoms with Gasteiger partial charge in [-0.2, -0.15) is 0 Å². The van der Waals surface area contributed by atoms with Crippen molar-refractivity contribution in [3.05, 3.63) is 35.2 Å². The highest BCUT2D eigenvalue weighted by molar-refractivity contribution is 6.30. The maximum absolute atomic E-state index is 12.6. The number of halogens is 1. The molecule has 0 saturated carbocycles. The van der Waals surface area contributed by atoms with E-state index < -0.39 is 0 Å². The highest BCUT2D eigenvalue weighted by Gasteiger charge is 2.28. The third-order valence-corrected chi connectivity index (χ3v) is 5.45. The molecule has 0 atom stereocenters. The van der Waals surface area contributed by atoms with Gasteiger partial charge in [-0.05, 0) is 38.1 Å². The first kappa shape index (κ1) is 16.8. The van der Waals surface area contributed by atoms with Crippen molar-refractivity contribution in [2.45, 2.75) is 19.4 Å². The Labute approximate surface area is 152 Å². The van der Waals surface area contributed by atoms with Crippen molar-refractivity contribution < 1.29 is 4.79 Å². The van der Waals surface area contributed by atoms with Crippen LogP contribution in [-0.2, 0) is 11.3 Å². The summed E-state index contributed by atoms with van der Waals surface area (Å²) in [6, 6.07) is 3.79. The summed E-state index contributed by atoms with van der Waals surface area (Å²) in [4.78, 5) is 21.7. The fourth-order valence-corrected chi connectivity index (χ4v) is 3.94. The molecule has 2 saturated heterocycles. The molecule has 25 heavy (non-hydrogen) atoms. The normalized spacial score (nSPS) is 20.3. The van der Waals surface area contributed by atoms with Crippen LogP contribution in [0, 0.1) is 5.92 Å². The molecule has 0 aromatic carbocycles. The molecule has 2 aromatic rings. The molecule has 7 heteroatoms. The van der Waals surface area contributed by atoms with Crippen LogP contribution in [0.1, 0.15) is 18.5 Å². The van der Waals surface area contributed by atoms with Gasteiger partial charge in [-0.15, -0.1) is 0 Å². The molecule has 1 amide bonds. The Morgan fingerprint density at radius 1 is 1.16 bits per heavy atom.